The molecule has 2 atom stereocenters. The first kappa shape index (κ1) is 42.0. The van der Waals surface area contributed by atoms with Crippen molar-refractivity contribution in [2.45, 2.75) is 77.0 Å². The molecule has 9 rings (SSSR count). The highest BCUT2D eigenvalue weighted by molar-refractivity contribution is 6.74. The zero-order valence-electron chi connectivity index (χ0n) is 35.6. The van der Waals surface area contributed by atoms with E-state index in [-0.39, 0.29) is 34.2 Å². The van der Waals surface area contributed by atoms with Crippen molar-refractivity contribution in [3.8, 4) is 16.9 Å². The van der Waals surface area contributed by atoms with Gasteiger partial charge >= 0.3 is 11.8 Å². The third-order valence-electron chi connectivity index (χ3n) is 13.1. The van der Waals surface area contributed by atoms with Crippen molar-refractivity contribution in [1.29, 1.82) is 0 Å². The van der Waals surface area contributed by atoms with Crippen molar-refractivity contribution >= 4 is 48.1 Å². The molecule has 3 aliphatic rings. The summed E-state index contributed by atoms with van der Waals surface area (Å²) in [5.74, 6) is 0.334. The van der Waals surface area contributed by atoms with Crippen molar-refractivity contribution in [2.24, 2.45) is 5.92 Å². The Labute approximate surface area is 356 Å². The van der Waals surface area contributed by atoms with Crippen LogP contribution < -0.4 is 21.5 Å². The van der Waals surface area contributed by atoms with Crippen molar-refractivity contribution in [3.63, 3.8) is 0 Å². The molecule has 12 nitrogen and oxygen atoms in total. The summed E-state index contributed by atoms with van der Waals surface area (Å²) in [4.78, 5) is 48.3. The number of piperidine rings is 3. The van der Waals surface area contributed by atoms with Crippen LogP contribution in [-0.4, -0.2) is 76.3 Å². The molecular formula is C48H56N6O6Si. The van der Waals surface area contributed by atoms with E-state index in [0.29, 0.717) is 36.8 Å². The number of fused-ring (bicyclic) bond motifs is 5. The number of aromatic amines is 2. The number of aromatic nitrogens is 3. The summed E-state index contributed by atoms with van der Waals surface area (Å²) in [6.45, 7) is 15.1. The average Bonchev–Trinajstić information content (AvgIpc) is 3.54. The lowest BCUT2D eigenvalue weighted by Crippen LogP contribution is -2.59. The number of allylic oxidation sites excluding steroid dienone is 1. The fourth-order valence-corrected chi connectivity index (χ4v) is 10.1. The monoisotopic (exact) mass is 840 g/mol. The molecule has 0 saturated carbocycles. The molecule has 0 spiro atoms. The zero-order valence-corrected chi connectivity index (χ0v) is 36.6. The van der Waals surface area contributed by atoms with E-state index in [0.717, 1.165) is 76.7 Å². The minimum atomic E-state index is -2.25. The smallest absolute Gasteiger partial charge is 0.412 e. The molecule has 13 heteroatoms. The largest absolute Gasteiger partial charge is 0.506 e. The molecule has 3 saturated heterocycles. The van der Waals surface area contributed by atoms with Gasteiger partial charge in [0.15, 0.2) is 8.32 Å². The Hall–Kier alpha value is -5.73. The number of imidazole rings is 1. The Kier molecular flexibility index (Phi) is 11.7. The van der Waals surface area contributed by atoms with Gasteiger partial charge in [0.25, 0.3) is 0 Å². The number of anilines is 1. The number of aromatic hydroxyl groups is 1. The van der Waals surface area contributed by atoms with Gasteiger partial charge in [0.1, 0.15) is 5.75 Å². The normalized spacial score (nSPS) is 18.6. The fourth-order valence-electron chi connectivity index (χ4n) is 8.79. The van der Waals surface area contributed by atoms with Gasteiger partial charge in [0, 0.05) is 43.2 Å². The van der Waals surface area contributed by atoms with Gasteiger partial charge in [-0.3, -0.25) is 14.3 Å². The van der Waals surface area contributed by atoms with Crippen LogP contribution in [0.1, 0.15) is 56.4 Å². The van der Waals surface area contributed by atoms with Crippen molar-refractivity contribution in [2.75, 3.05) is 31.1 Å². The van der Waals surface area contributed by atoms with Crippen LogP contribution in [-0.2, 0) is 17.5 Å². The minimum absolute atomic E-state index is 0.00813. The number of nitrogens with one attached hydrogen (secondary N) is 3. The molecule has 0 radical (unpaired) electrons. The molecule has 5 N–H and O–H groups in total. The van der Waals surface area contributed by atoms with E-state index in [4.69, 9.17) is 4.43 Å². The first-order valence-electron chi connectivity index (χ1n) is 21.2. The lowest BCUT2D eigenvalue weighted by molar-refractivity contribution is 0.0838. The fraction of sp³-hybridized carbons (Fsp3) is 0.354. The van der Waals surface area contributed by atoms with Gasteiger partial charge in [-0.2, -0.15) is 0 Å². The SMILES string of the molecule is CC(C)(C)[Si](C)(C)O[C@@H](CNCc1ccc2c(c1)[nH]c(=O)n2CC=Cc1ccc(-c2ccccc2)c(N(C(=O)O)C2CN3CCC2CC3)c1)c1ccc(O)c2[nH]c(=O)ccc12. The quantitative estimate of drug-likeness (QED) is 0.0724. The number of phenols is 1. The van der Waals surface area contributed by atoms with Crippen LogP contribution in [0.3, 0.4) is 0 Å². The number of phenolic OH excluding ortho intramolecular Hbond substituents is 1. The van der Waals surface area contributed by atoms with E-state index < -0.39 is 14.4 Å². The van der Waals surface area contributed by atoms with Crippen molar-refractivity contribution < 1.29 is 19.4 Å². The van der Waals surface area contributed by atoms with E-state index in [9.17, 15) is 24.6 Å². The Morgan fingerprint density at radius 3 is 2.46 bits per heavy atom. The van der Waals surface area contributed by atoms with Gasteiger partial charge < -0.3 is 34.8 Å². The van der Waals surface area contributed by atoms with E-state index in [2.05, 4.69) is 54.0 Å². The highest BCUT2D eigenvalue weighted by Gasteiger charge is 2.41. The number of H-pyrrole nitrogens is 2. The molecule has 2 aromatic heterocycles. The molecule has 2 bridgehead atoms. The molecule has 5 heterocycles. The van der Waals surface area contributed by atoms with Gasteiger partial charge in [-0.25, -0.2) is 9.59 Å². The third kappa shape index (κ3) is 8.74. The van der Waals surface area contributed by atoms with Crippen LogP contribution in [0, 0.1) is 5.92 Å². The van der Waals surface area contributed by atoms with Gasteiger partial charge in [-0.1, -0.05) is 87.5 Å². The maximum absolute atomic E-state index is 13.3. The summed E-state index contributed by atoms with van der Waals surface area (Å²) in [5.41, 5.74) is 6.62. The summed E-state index contributed by atoms with van der Waals surface area (Å²) in [5, 5.41) is 25.5. The molecule has 1 unspecified atom stereocenters. The Morgan fingerprint density at radius 1 is 0.984 bits per heavy atom. The second-order valence-electron chi connectivity index (χ2n) is 18.1. The highest BCUT2D eigenvalue weighted by atomic mass is 28.4. The maximum Gasteiger partial charge on any atom is 0.412 e. The maximum atomic E-state index is 13.3. The highest BCUT2D eigenvalue weighted by Crippen LogP contribution is 2.42. The number of pyridine rings is 1. The molecular weight excluding hydrogens is 785 g/mol. The number of hydrogen-bond donors (Lipinski definition) is 5. The number of carbonyl (C=O) groups is 1. The molecule has 318 valence electrons. The second kappa shape index (κ2) is 17.0. The number of rotatable bonds is 13. The molecule has 3 aliphatic heterocycles. The first-order chi connectivity index (χ1) is 29.2. The molecule has 3 fully saturated rings. The molecule has 4 aromatic carbocycles. The summed E-state index contributed by atoms with van der Waals surface area (Å²) < 4.78 is 8.67. The van der Waals surface area contributed by atoms with Gasteiger partial charge in [0.2, 0.25) is 5.56 Å². The van der Waals surface area contributed by atoms with Gasteiger partial charge in [-0.15, -0.1) is 0 Å². The molecule has 61 heavy (non-hydrogen) atoms. The number of nitrogens with zero attached hydrogens (tertiary/aromatic N) is 3. The van der Waals surface area contributed by atoms with E-state index in [1.165, 1.54) is 6.07 Å². The lowest BCUT2D eigenvalue weighted by Gasteiger charge is -2.48. The topological polar surface area (TPSA) is 156 Å². The second-order valence-corrected chi connectivity index (χ2v) is 22.8. The van der Waals surface area contributed by atoms with Crippen LogP contribution in [0.4, 0.5) is 10.5 Å². The van der Waals surface area contributed by atoms with Crippen LogP contribution in [0.2, 0.25) is 18.1 Å². The van der Waals surface area contributed by atoms with E-state index in [1.807, 2.05) is 84.9 Å². The molecule has 6 aromatic rings. The third-order valence-corrected chi connectivity index (χ3v) is 17.6. The van der Waals surface area contributed by atoms with E-state index >= 15 is 0 Å². The number of hydrogen-bond acceptors (Lipinski definition) is 7. The predicted molar refractivity (Wildman–Crippen MR) is 246 cm³/mol. The lowest BCUT2D eigenvalue weighted by atomic mass is 9.82. The first-order valence-corrected chi connectivity index (χ1v) is 24.1. The number of benzene rings is 4. The molecule has 0 aliphatic carbocycles. The van der Waals surface area contributed by atoms with Crippen LogP contribution in [0.5, 0.6) is 5.75 Å². The number of carboxylic acid groups (broad SMARTS) is 1. The van der Waals surface area contributed by atoms with Gasteiger partial charge in [0.05, 0.1) is 34.4 Å². The standard InChI is InChI=1S/C48H56N6O6Si/c1-48(2,3)61(4,5)60-43(36-16-19-42(55)45-37(36)17-20-44(56)51-45)29-49-28-32-14-18-39-38(26-32)50-46(57)53(39)23-9-10-31-13-15-35(33-11-7-6-8-12-33)40(27-31)54(47(58)59)41-30-52-24-21-34(41)22-25-52/h6-20,26-27,34,41,43,49,55H,21-25,28-30H2,1-5H3,(H,50,57)(H,51,56)(H,58,59)/t41?,43-/m0/s1. The van der Waals surface area contributed by atoms with Gasteiger partial charge in [-0.05, 0) is 103 Å². The predicted octanol–water partition coefficient (Wildman–Crippen LogP) is 8.69. The Morgan fingerprint density at radius 2 is 1.75 bits per heavy atom. The van der Waals surface area contributed by atoms with Crippen molar-refractivity contribution in [3.05, 3.63) is 135 Å². The summed E-state index contributed by atoms with van der Waals surface area (Å²) >= 11 is 0. The average molecular weight is 841 g/mol. The van der Waals surface area contributed by atoms with Crippen LogP contribution in [0.15, 0.2) is 107 Å². The Balaban J connectivity index is 1.00. The minimum Gasteiger partial charge on any atom is -0.506 e. The zero-order chi connectivity index (χ0) is 43.1. The van der Waals surface area contributed by atoms with E-state index in [1.54, 1.807) is 21.6 Å². The van der Waals surface area contributed by atoms with Crippen LogP contribution >= 0.6 is 0 Å². The summed E-state index contributed by atoms with van der Waals surface area (Å²) in [7, 11) is -2.25. The molecule has 1 amide bonds. The Bertz CT molecular complexity index is 2710. The number of amides is 1. The van der Waals surface area contributed by atoms with Crippen LogP contribution in [0.25, 0.3) is 39.1 Å². The summed E-state index contributed by atoms with van der Waals surface area (Å²) in [6, 6.07) is 28.4. The van der Waals surface area contributed by atoms with Crippen molar-refractivity contribution in [1.82, 2.24) is 24.8 Å². The summed E-state index contributed by atoms with van der Waals surface area (Å²) in [6.07, 6.45) is 4.60.